The quantitative estimate of drug-likeness (QED) is 0.0489. The third-order valence-electron chi connectivity index (χ3n) is 10.9. The number of aliphatic hydroxyl groups excluding tert-OH is 5. The SMILES string of the molecule is C/C=C\C=C\[C@@H]1O[C@@](O)([C@H](CC)C(=O)NC/C=C/C=C(\C)[C@H](OC)[C@@H](C)[C@@H]2O[C@H](/C=C/C=C/C=C(\C)C(O)=C3C(=O)CCNC3=O)[C@H](O)[C@@H]2O)[C@H](O)[C@H](O)C1(C)C. The summed E-state index contributed by atoms with van der Waals surface area (Å²) in [4.78, 5) is 37.4. The van der Waals surface area contributed by atoms with E-state index in [-0.39, 0.29) is 37.3 Å². The summed E-state index contributed by atoms with van der Waals surface area (Å²) < 4.78 is 17.8. The second kappa shape index (κ2) is 21.1. The zero-order valence-corrected chi connectivity index (χ0v) is 34.2. The number of amides is 2. The van der Waals surface area contributed by atoms with E-state index in [1.807, 2.05) is 26.8 Å². The van der Waals surface area contributed by atoms with Crippen LogP contribution < -0.4 is 10.6 Å². The van der Waals surface area contributed by atoms with Crippen molar-refractivity contribution in [1.82, 2.24) is 10.6 Å². The Balaban J connectivity index is 1.60. The van der Waals surface area contributed by atoms with Crippen LogP contribution in [0.4, 0.5) is 0 Å². The van der Waals surface area contributed by atoms with Crippen molar-refractivity contribution in [3.8, 4) is 0 Å². The van der Waals surface area contributed by atoms with Gasteiger partial charge < -0.3 is 55.5 Å². The standard InChI is InChI=1S/C43H62N2O12/c1-9-11-13-21-31-42(6,7)38(50)39(51)43(54,57-31)28(10-2)40(52)44-23-17-16-19-26(4)36(55-8)27(5)37-35(49)34(48)30(56-37)20-15-12-14-18-25(3)33(47)32-29(46)22-24-45-41(32)53/h9,11-21,27-28,30-31,34-39,47-51,54H,10,22-24H2,1-8H3,(H,44,52)(H,45,53)/b11-9-,14-12+,17-16+,20-15+,21-13+,25-18+,26-19+,33-32?/t27-,28-,30-,31+,34+,35+,36+,37+,38+,39-,43+/m1/s1. The van der Waals surface area contributed by atoms with Gasteiger partial charge in [-0.3, -0.25) is 14.4 Å². The van der Waals surface area contributed by atoms with E-state index < -0.39 is 89.5 Å². The fourth-order valence-electron chi connectivity index (χ4n) is 7.30. The zero-order valence-electron chi connectivity index (χ0n) is 34.2. The van der Waals surface area contributed by atoms with Crippen LogP contribution in [0.1, 0.15) is 61.3 Å². The van der Waals surface area contributed by atoms with Gasteiger partial charge in [0.05, 0.1) is 30.3 Å². The molecule has 3 aliphatic rings. The van der Waals surface area contributed by atoms with Crippen molar-refractivity contribution in [1.29, 1.82) is 0 Å². The third-order valence-corrected chi connectivity index (χ3v) is 10.9. The van der Waals surface area contributed by atoms with Gasteiger partial charge in [0.15, 0.2) is 5.78 Å². The molecule has 0 aromatic rings. The molecule has 14 nitrogen and oxygen atoms in total. The molecule has 3 fully saturated rings. The Hall–Kier alpha value is -3.99. The highest BCUT2D eigenvalue weighted by Gasteiger charge is 2.60. The van der Waals surface area contributed by atoms with Gasteiger partial charge in [0.2, 0.25) is 11.7 Å². The zero-order chi connectivity index (χ0) is 42.7. The molecule has 0 bridgehead atoms. The molecule has 0 aromatic heterocycles. The average Bonchev–Trinajstić information content (AvgIpc) is 3.45. The van der Waals surface area contributed by atoms with Crippen LogP contribution in [0, 0.1) is 17.3 Å². The Morgan fingerprint density at radius 2 is 1.68 bits per heavy atom. The number of aliphatic hydroxyl groups is 6. The van der Waals surface area contributed by atoms with Crippen LogP contribution in [0.15, 0.2) is 95.4 Å². The third kappa shape index (κ3) is 11.1. The normalized spacial score (nSPS) is 32.8. The van der Waals surface area contributed by atoms with E-state index in [1.165, 1.54) is 13.2 Å². The predicted octanol–water partition coefficient (Wildman–Crippen LogP) is 2.70. The monoisotopic (exact) mass is 798 g/mol. The van der Waals surface area contributed by atoms with Gasteiger partial charge in [-0.2, -0.15) is 0 Å². The van der Waals surface area contributed by atoms with Crippen LogP contribution in [0.3, 0.4) is 0 Å². The number of piperidine rings is 1. The maximum Gasteiger partial charge on any atom is 0.258 e. The number of ether oxygens (including phenoxy) is 3. The fraction of sp³-hybridized carbons (Fsp3) is 0.558. The summed E-state index contributed by atoms with van der Waals surface area (Å²) in [6, 6.07) is 0. The second-order valence-electron chi connectivity index (χ2n) is 15.3. The summed E-state index contributed by atoms with van der Waals surface area (Å²) in [5, 5.41) is 70.9. The molecule has 0 radical (unpaired) electrons. The van der Waals surface area contributed by atoms with Crippen molar-refractivity contribution in [2.24, 2.45) is 17.3 Å². The molecule has 2 amide bonds. The number of hydrogen-bond acceptors (Lipinski definition) is 12. The van der Waals surface area contributed by atoms with Crippen LogP contribution in [0.5, 0.6) is 0 Å². The fourth-order valence-corrected chi connectivity index (χ4v) is 7.30. The lowest BCUT2D eigenvalue weighted by Gasteiger charge is -2.53. The lowest BCUT2D eigenvalue weighted by atomic mass is 9.71. The van der Waals surface area contributed by atoms with Gasteiger partial charge in [0, 0.05) is 38.0 Å². The van der Waals surface area contributed by atoms with Gasteiger partial charge in [0.25, 0.3) is 5.91 Å². The molecule has 3 saturated heterocycles. The number of carbonyl (C=O) groups excluding carboxylic acids is 3. The van der Waals surface area contributed by atoms with Crippen molar-refractivity contribution in [2.75, 3.05) is 20.2 Å². The maximum atomic E-state index is 13.3. The first-order valence-corrected chi connectivity index (χ1v) is 19.4. The van der Waals surface area contributed by atoms with Gasteiger partial charge in [-0.15, -0.1) is 0 Å². The molecule has 3 aliphatic heterocycles. The topological polar surface area (TPSA) is 224 Å². The van der Waals surface area contributed by atoms with Crippen molar-refractivity contribution >= 4 is 17.6 Å². The Kier molecular flexibility index (Phi) is 17.6. The molecule has 0 unspecified atom stereocenters. The van der Waals surface area contributed by atoms with E-state index in [1.54, 1.807) is 88.5 Å². The first-order valence-electron chi connectivity index (χ1n) is 19.4. The van der Waals surface area contributed by atoms with E-state index in [4.69, 9.17) is 14.2 Å². The minimum atomic E-state index is -2.34. The summed E-state index contributed by atoms with van der Waals surface area (Å²) in [5.74, 6) is -5.91. The molecule has 0 aliphatic carbocycles. The molecule has 14 heteroatoms. The van der Waals surface area contributed by atoms with Gasteiger partial charge in [-0.1, -0.05) is 101 Å². The molecule has 3 rings (SSSR count). The maximum absolute atomic E-state index is 13.3. The summed E-state index contributed by atoms with van der Waals surface area (Å²) in [5.41, 5.74) is -0.119. The molecular weight excluding hydrogens is 736 g/mol. The smallest absolute Gasteiger partial charge is 0.258 e. The van der Waals surface area contributed by atoms with E-state index in [9.17, 15) is 45.0 Å². The first kappa shape index (κ1) is 47.4. The van der Waals surface area contributed by atoms with Crippen molar-refractivity contribution in [2.45, 2.75) is 116 Å². The molecule has 8 N–H and O–H groups in total. The van der Waals surface area contributed by atoms with Crippen LogP contribution in [-0.2, 0) is 28.6 Å². The van der Waals surface area contributed by atoms with Crippen LogP contribution >= 0.6 is 0 Å². The van der Waals surface area contributed by atoms with E-state index in [2.05, 4.69) is 10.6 Å². The van der Waals surface area contributed by atoms with Crippen molar-refractivity contribution < 1.29 is 59.2 Å². The number of nitrogens with one attached hydrogen (secondary N) is 2. The van der Waals surface area contributed by atoms with Crippen molar-refractivity contribution in [3.05, 3.63) is 95.4 Å². The van der Waals surface area contributed by atoms with Crippen molar-refractivity contribution in [3.63, 3.8) is 0 Å². The minimum absolute atomic E-state index is 0.0847. The highest BCUT2D eigenvalue weighted by Crippen LogP contribution is 2.44. The van der Waals surface area contributed by atoms with Gasteiger partial charge in [-0.05, 0) is 38.3 Å². The Labute approximate surface area is 335 Å². The molecule has 316 valence electrons. The first-order chi connectivity index (χ1) is 26.9. The van der Waals surface area contributed by atoms with Gasteiger partial charge in [-0.25, -0.2) is 0 Å². The Bertz CT molecular complexity index is 1650. The number of rotatable bonds is 16. The molecule has 11 atom stereocenters. The second-order valence-corrected chi connectivity index (χ2v) is 15.3. The Morgan fingerprint density at radius 3 is 2.32 bits per heavy atom. The summed E-state index contributed by atoms with van der Waals surface area (Å²) >= 11 is 0. The highest BCUT2D eigenvalue weighted by atomic mass is 16.7. The number of carbonyl (C=O) groups is 3. The van der Waals surface area contributed by atoms with Gasteiger partial charge in [0.1, 0.15) is 35.7 Å². The molecule has 0 spiro atoms. The van der Waals surface area contributed by atoms with E-state index in [0.717, 1.165) is 5.57 Å². The molecule has 0 aromatic carbocycles. The number of ketones is 1. The summed E-state index contributed by atoms with van der Waals surface area (Å²) in [6.45, 7) is 12.5. The highest BCUT2D eigenvalue weighted by molar-refractivity contribution is 6.21. The number of hydrogen-bond donors (Lipinski definition) is 8. The number of methoxy groups -OCH3 is 1. The lowest BCUT2D eigenvalue weighted by Crippen LogP contribution is -2.69. The van der Waals surface area contributed by atoms with Crippen LogP contribution in [-0.4, -0.2) is 123 Å². The largest absolute Gasteiger partial charge is 0.507 e. The molecular formula is C43H62N2O12. The molecule has 0 saturated carbocycles. The van der Waals surface area contributed by atoms with E-state index >= 15 is 0 Å². The van der Waals surface area contributed by atoms with Crippen LogP contribution in [0.2, 0.25) is 0 Å². The van der Waals surface area contributed by atoms with E-state index in [0.29, 0.717) is 5.57 Å². The molecule has 57 heavy (non-hydrogen) atoms. The van der Waals surface area contributed by atoms with Crippen LogP contribution in [0.25, 0.3) is 0 Å². The lowest BCUT2D eigenvalue weighted by molar-refractivity contribution is -0.359. The number of Topliss-reactive ketones (excluding diaryl/α,β-unsaturated/α-hetero) is 1. The molecule has 3 heterocycles. The minimum Gasteiger partial charge on any atom is -0.507 e. The summed E-state index contributed by atoms with van der Waals surface area (Å²) in [6.07, 6.45) is 11.9. The Morgan fingerprint density at radius 1 is 1.00 bits per heavy atom. The number of allylic oxidation sites excluding steroid dienone is 10. The average molecular weight is 799 g/mol. The predicted molar refractivity (Wildman–Crippen MR) is 214 cm³/mol. The van der Waals surface area contributed by atoms with Gasteiger partial charge >= 0.3 is 0 Å². The summed E-state index contributed by atoms with van der Waals surface area (Å²) in [7, 11) is 1.53.